The molecule has 2 amide bonds. The average Bonchev–Trinajstić information content (AvgIpc) is 2.42. The van der Waals surface area contributed by atoms with Crippen LogP contribution in [-0.4, -0.2) is 30.5 Å². The largest absolute Gasteiger partial charge is 0.497 e. The summed E-state index contributed by atoms with van der Waals surface area (Å²) in [6.45, 7) is 5.32. The molecule has 20 heavy (non-hydrogen) atoms. The number of anilines is 1. The summed E-state index contributed by atoms with van der Waals surface area (Å²) >= 11 is 0. The monoisotopic (exact) mass is 276 g/mol. The number of benzene rings is 1. The van der Waals surface area contributed by atoms with Crippen LogP contribution in [0.4, 0.5) is 5.69 Å². The molecule has 1 aromatic rings. The first kappa shape index (κ1) is 14.4. The maximum absolute atomic E-state index is 12.6. The van der Waals surface area contributed by atoms with Crippen LogP contribution in [0.15, 0.2) is 24.3 Å². The summed E-state index contributed by atoms with van der Waals surface area (Å²) in [5, 5.41) is 2.77. The molecule has 0 aromatic heterocycles. The molecule has 0 bridgehead atoms. The van der Waals surface area contributed by atoms with Gasteiger partial charge in [0, 0.05) is 11.8 Å². The molecule has 5 heteroatoms. The summed E-state index contributed by atoms with van der Waals surface area (Å²) < 4.78 is 5.19. The summed E-state index contributed by atoms with van der Waals surface area (Å²) in [6.07, 6.45) is 0.560. The van der Waals surface area contributed by atoms with Gasteiger partial charge in [-0.05, 0) is 32.4 Å². The van der Waals surface area contributed by atoms with Gasteiger partial charge in [-0.1, -0.05) is 13.0 Å². The molecule has 0 aliphatic carbocycles. The zero-order valence-corrected chi connectivity index (χ0v) is 12.3. The van der Waals surface area contributed by atoms with Crippen molar-refractivity contribution in [3.63, 3.8) is 0 Å². The molecule has 1 aliphatic heterocycles. The number of ether oxygens (including phenoxy) is 1. The van der Waals surface area contributed by atoms with E-state index in [4.69, 9.17) is 4.74 Å². The fourth-order valence-corrected chi connectivity index (χ4v) is 2.43. The molecule has 0 radical (unpaired) electrons. The van der Waals surface area contributed by atoms with Crippen molar-refractivity contribution >= 4 is 17.5 Å². The summed E-state index contributed by atoms with van der Waals surface area (Å²) in [7, 11) is 1.57. The van der Waals surface area contributed by atoms with E-state index in [-0.39, 0.29) is 11.8 Å². The van der Waals surface area contributed by atoms with E-state index in [1.807, 2.05) is 25.1 Å². The van der Waals surface area contributed by atoms with Crippen LogP contribution in [-0.2, 0) is 9.59 Å². The number of piperazine rings is 1. The van der Waals surface area contributed by atoms with Gasteiger partial charge in [0.2, 0.25) is 5.91 Å². The standard InChI is InChI=1S/C15H20N2O3/c1-5-12-13(18)16-15(2,3)14(19)17(12)10-7-6-8-11(9-10)20-4/h6-9,12H,5H2,1-4H3,(H,16,18). The lowest BCUT2D eigenvalue weighted by molar-refractivity contribution is -0.137. The van der Waals surface area contributed by atoms with Crippen molar-refractivity contribution in [3.05, 3.63) is 24.3 Å². The van der Waals surface area contributed by atoms with Crippen LogP contribution in [0, 0.1) is 0 Å². The van der Waals surface area contributed by atoms with E-state index in [0.29, 0.717) is 17.9 Å². The molecule has 1 saturated heterocycles. The van der Waals surface area contributed by atoms with E-state index in [2.05, 4.69) is 5.32 Å². The molecule has 1 aromatic carbocycles. The second-order valence-electron chi connectivity index (χ2n) is 5.41. The number of nitrogens with zero attached hydrogens (tertiary/aromatic N) is 1. The molecule has 1 fully saturated rings. The molecule has 1 atom stereocenters. The maximum Gasteiger partial charge on any atom is 0.252 e. The molecule has 1 aliphatic rings. The molecule has 1 unspecified atom stereocenters. The minimum absolute atomic E-state index is 0.114. The summed E-state index contributed by atoms with van der Waals surface area (Å²) in [5.74, 6) is 0.422. The highest BCUT2D eigenvalue weighted by atomic mass is 16.5. The highest BCUT2D eigenvalue weighted by Gasteiger charge is 2.45. The van der Waals surface area contributed by atoms with Gasteiger partial charge >= 0.3 is 0 Å². The molecular formula is C15H20N2O3. The predicted octanol–water partition coefficient (Wildman–Crippen LogP) is 1.72. The van der Waals surface area contributed by atoms with Crippen LogP contribution < -0.4 is 15.0 Å². The Balaban J connectivity index is 2.48. The highest BCUT2D eigenvalue weighted by Crippen LogP contribution is 2.29. The number of hydrogen-bond donors (Lipinski definition) is 1. The lowest BCUT2D eigenvalue weighted by atomic mass is 9.95. The first-order valence-electron chi connectivity index (χ1n) is 6.70. The van der Waals surface area contributed by atoms with Gasteiger partial charge in [0.25, 0.3) is 5.91 Å². The van der Waals surface area contributed by atoms with Crippen LogP contribution in [0.25, 0.3) is 0 Å². The molecule has 1 N–H and O–H groups in total. The van der Waals surface area contributed by atoms with Crippen LogP contribution in [0.1, 0.15) is 27.2 Å². The predicted molar refractivity (Wildman–Crippen MR) is 76.8 cm³/mol. The summed E-state index contributed by atoms with van der Waals surface area (Å²) in [6, 6.07) is 6.73. The van der Waals surface area contributed by atoms with Crippen molar-refractivity contribution in [2.75, 3.05) is 12.0 Å². The van der Waals surface area contributed by atoms with Gasteiger partial charge in [0.1, 0.15) is 17.3 Å². The van der Waals surface area contributed by atoms with Gasteiger partial charge in [-0.25, -0.2) is 0 Å². The third kappa shape index (κ3) is 2.35. The molecule has 0 spiro atoms. The van der Waals surface area contributed by atoms with Gasteiger partial charge in [-0.2, -0.15) is 0 Å². The van der Waals surface area contributed by atoms with Crippen molar-refractivity contribution < 1.29 is 14.3 Å². The minimum atomic E-state index is -0.897. The second kappa shape index (κ2) is 5.15. The fraction of sp³-hybridized carbons (Fsp3) is 0.467. The number of nitrogens with one attached hydrogen (secondary N) is 1. The van der Waals surface area contributed by atoms with Crippen LogP contribution in [0.3, 0.4) is 0 Å². The Hall–Kier alpha value is -2.04. The Labute approximate surface area is 118 Å². The van der Waals surface area contributed by atoms with E-state index in [1.165, 1.54) is 0 Å². The van der Waals surface area contributed by atoms with Gasteiger partial charge in [0.05, 0.1) is 7.11 Å². The quantitative estimate of drug-likeness (QED) is 0.914. The van der Waals surface area contributed by atoms with Crippen molar-refractivity contribution in [3.8, 4) is 5.75 Å². The van der Waals surface area contributed by atoms with Crippen LogP contribution in [0.5, 0.6) is 5.75 Å². The summed E-state index contributed by atoms with van der Waals surface area (Å²) in [4.78, 5) is 26.4. The Kier molecular flexibility index (Phi) is 3.70. The fourth-order valence-electron chi connectivity index (χ4n) is 2.43. The Morgan fingerprint density at radius 3 is 2.65 bits per heavy atom. The molecular weight excluding hydrogens is 256 g/mol. The first-order valence-corrected chi connectivity index (χ1v) is 6.70. The second-order valence-corrected chi connectivity index (χ2v) is 5.41. The third-order valence-corrected chi connectivity index (χ3v) is 3.52. The Morgan fingerprint density at radius 2 is 2.05 bits per heavy atom. The van der Waals surface area contributed by atoms with Crippen molar-refractivity contribution in [1.29, 1.82) is 0 Å². The van der Waals surface area contributed by atoms with E-state index >= 15 is 0 Å². The SMILES string of the molecule is CCC1C(=O)NC(C)(C)C(=O)N1c1cccc(OC)c1. The zero-order valence-electron chi connectivity index (χ0n) is 12.3. The molecule has 0 saturated carbocycles. The van der Waals surface area contributed by atoms with Gasteiger partial charge < -0.3 is 10.1 Å². The van der Waals surface area contributed by atoms with E-state index in [1.54, 1.807) is 31.9 Å². The molecule has 108 valence electrons. The zero-order chi connectivity index (χ0) is 14.9. The number of amides is 2. The van der Waals surface area contributed by atoms with Crippen molar-refractivity contribution in [1.82, 2.24) is 5.32 Å². The number of hydrogen-bond acceptors (Lipinski definition) is 3. The molecule has 5 nitrogen and oxygen atoms in total. The molecule has 1 heterocycles. The highest BCUT2D eigenvalue weighted by molar-refractivity contribution is 6.10. The number of rotatable bonds is 3. The number of carbonyl (C=O) groups is 2. The normalized spacial score (nSPS) is 21.6. The minimum Gasteiger partial charge on any atom is -0.497 e. The third-order valence-electron chi connectivity index (χ3n) is 3.52. The Morgan fingerprint density at radius 1 is 1.35 bits per heavy atom. The van der Waals surface area contributed by atoms with Crippen LogP contribution >= 0.6 is 0 Å². The van der Waals surface area contributed by atoms with Gasteiger partial charge in [-0.15, -0.1) is 0 Å². The Bertz CT molecular complexity index is 540. The van der Waals surface area contributed by atoms with Gasteiger partial charge in [0.15, 0.2) is 0 Å². The van der Waals surface area contributed by atoms with Crippen molar-refractivity contribution in [2.45, 2.75) is 38.8 Å². The smallest absolute Gasteiger partial charge is 0.252 e. The lowest BCUT2D eigenvalue weighted by Gasteiger charge is -2.42. The van der Waals surface area contributed by atoms with E-state index in [9.17, 15) is 9.59 Å². The first-order chi connectivity index (χ1) is 9.40. The van der Waals surface area contributed by atoms with Crippen molar-refractivity contribution in [2.24, 2.45) is 0 Å². The molecule has 2 rings (SSSR count). The maximum atomic E-state index is 12.6. The van der Waals surface area contributed by atoms with E-state index < -0.39 is 11.6 Å². The van der Waals surface area contributed by atoms with Gasteiger partial charge in [-0.3, -0.25) is 14.5 Å². The van der Waals surface area contributed by atoms with Crippen LogP contribution in [0.2, 0.25) is 0 Å². The number of carbonyl (C=O) groups excluding carboxylic acids is 2. The summed E-state index contributed by atoms with van der Waals surface area (Å²) in [5.41, 5.74) is -0.213. The average molecular weight is 276 g/mol. The lowest BCUT2D eigenvalue weighted by Crippen LogP contribution is -2.68. The topological polar surface area (TPSA) is 58.6 Å². The number of methoxy groups -OCH3 is 1. The van der Waals surface area contributed by atoms with E-state index in [0.717, 1.165) is 0 Å².